The molecule has 0 heterocycles. The van der Waals surface area contributed by atoms with Crippen LogP contribution in [-0.4, -0.2) is 19.0 Å². The summed E-state index contributed by atoms with van der Waals surface area (Å²) in [6.45, 7) is 7.17. The Balaban J connectivity index is 1.52. The highest BCUT2D eigenvalue weighted by Crippen LogP contribution is 2.29. The Morgan fingerprint density at radius 3 is 2.05 bits per heavy atom. The van der Waals surface area contributed by atoms with Crippen molar-refractivity contribution in [3.63, 3.8) is 0 Å². The van der Waals surface area contributed by atoms with E-state index in [4.69, 9.17) is 4.74 Å². The standard InChI is InChI=1S/C36H41NO3/c1-36(2,3)32-22-19-28(20-23-32)14-13-27-15-17-30(18-16-27)26-37(35(39)31-10-6-5-7-11-31)33-12-8-9-29(25-33)21-24-34(38)40-4/h8-9,12-25,31H,5-7,10-11,26H2,1-4H3/b14-13+,24-21+. The molecule has 1 saturated carbocycles. The summed E-state index contributed by atoms with van der Waals surface area (Å²) in [5.41, 5.74) is 6.51. The van der Waals surface area contributed by atoms with Crippen LogP contribution >= 0.6 is 0 Å². The number of carbonyl (C=O) groups is 2. The summed E-state index contributed by atoms with van der Waals surface area (Å²) >= 11 is 0. The van der Waals surface area contributed by atoms with Crippen LogP contribution in [0.4, 0.5) is 5.69 Å². The average molecular weight is 536 g/mol. The number of esters is 1. The molecular weight excluding hydrogens is 494 g/mol. The summed E-state index contributed by atoms with van der Waals surface area (Å²) in [5.74, 6) is -0.178. The molecule has 0 unspecified atom stereocenters. The molecule has 0 aliphatic heterocycles. The van der Waals surface area contributed by atoms with Crippen LogP contribution in [0.15, 0.2) is 78.9 Å². The average Bonchev–Trinajstić information content (AvgIpc) is 2.98. The van der Waals surface area contributed by atoms with E-state index in [9.17, 15) is 9.59 Å². The van der Waals surface area contributed by atoms with Crippen molar-refractivity contribution in [1.29, 1.82) is 0 Å². The number of rotatable bonds is 8. The van der Waals surface area contributed by atoms with Gasteiger partial charge in [-0.25, -0.2) is 4.79 Å². The second-order valence-electron chi connectivity index (χ2n) is 11.7. The summed E-state index contributed by atoms with van der Waals surface area (Å²) in [6.07, 6.45) is 12.7. The number of hydrogen-bond acceptors (Lipinski definition) is 3. The van der Waals surface area contributed by atoms with Crippen molar-refractivity contribution in [2.24, 2.45) is 5.92 Å². The monoisotopic (exact) mass is 535 g/mol. The third-order valence-electron chi connectivity index (χ3n) is 7.58. The smallest absolute Gasteiger partial charge is 0.330 e. The molecule has 208 valence electrons. The lowest BCUT2D eigenvalue weighted by Gasteiger charge is -2.30. The Bertz CT molecular complexity index is 1340. The van der Waals surface area contributed by atoms with E-state index >= 15 is 0 Å². The van der Waals surface area contributed by atoms with E-state index < -0.39 is 5.97 Å². The lowest BCUT2D eigenvalue weighted by atomic mass is 9.87. The summed E-state index contributed by atoms with van der Waals surface area (Å²) in [6, 6.07) is 24.9. The Labute approximate surface area is 239 Å². The first-order chi connectivity index (χ1) is 19.2. The lowest BCUT2D eigenvalue weighted by molar-refractivity contribution is -0.134. The number of ether oxygens (including phenoxy) is 1. The van der Waals surface area contributed by atoms with Gasteiger partial charge in [0.05, 0.1) is 13.7 Å². The topological polar surface area (TPSA) is 46.6 Å². The minimum absolute atomic E-state index is 0.0508. The quantitative estimate of drug-likeness (QED) is 0.165. The summed E-state index contributed by atoms with van der Waals surface area (Å²) < 4.78 is 4.72. The maximum atomic E-state index is 13.8. The van der Waals surface area contributed by atoms with Crippen LogP contribution in [0.5, 0.6) is 0 Å². The molecular formula is C36H41NO3. The highest BCUT2D eigenvalue weighted by Gasteiger charge is 2.27. The van der Waals surface area contributed by atoms with Gasteiger partial charge >= 0.3 is 5.97 Å². The molecule has 1 aliphatic carbocycles. The number of hydrogen-bond donors (Lipinski definition) is 0. The van der Waals surface area contributed by atoms with Gasteiger partial charge in [-0.05, 0) is 64.3 Å². The molecule has 0 bridgehead atoms. The van der Waals surface area contributed by atoms with E-state index in [1.807, 2.05) is 29.2 Å². The Morgan fingerprint density at radius 2 is 1.45 bits per heavy atom. The summed E-state index contributed by atoms with van der Waals surface area (Å²) in [4.78, 5) is 27.3. The van der Waals surface area contributed by atoms with Crippen LogP contribution < -0.4 is 4.90 Å². The maximum absolute atomic E-state index is 13.8. The molecule has 4 rings (SSSR count). The van der Waals surface area contributed by atoms with Gasteiger partial charge in [0.25, 0.3) is 0 Å². The van der Waals surface area contributed by atoms with Crippen molar-refractivity contribution in [3.8, 4) is 0 Å². The third kappa shape index (κ3) is 8.05. The largest absolute Gasteiger partial charge is 0.466 e. The predicted molar refractivity (Wildman–Crippen MR) is 166 cm³/mol. The number of carbonyl (C=O) groups excluding carboxylic acids is 2. The zero-order valence-corrected chi connectivity index (χ0v) is 24.2. The fourth-order valence-corrected chi connectivity index (χ4v) is 5.10. The van der Waals surface area contributed by atoms with Crippen LogP contribution in [0.1, 0.15) is 80.7 Å². The first-order valence-corrected chi connectivity index (χ1v) is 14.3. The number of nitrogens with zero attached hydrogens (tertiary/aromatic N) is 1. The van der Waals surface area contributed by atoms with E-state index in [1.165, 1.54) is 30.7 Å². The first kappa shape index (κ1) is 29.1. The summed E-state index contributed by atoms with van der Waals surface area (Å²) in [5, 5.41) is 0. The second kappa shape index (κ2) is 13.4. The first-order valence-electron chi connectivity index (χ1n) is 14.3. The Morgan fingerprint density at radius 1 is 0.825 bits per heavy atom. The molecule has 0 N–H and O–H groups in total. The van der Waals surface area contributed by atoms with Gasteiger partial charge in [-0.15, -0.1) is 0 Å². The Hall–Kier alpha value is -3.92. The minimum Gasteiger partial charge on any atom is -0.466 e. The lowest BCUT2D eigenvalue weighted by Crippen LogP contribution is -2.36. The van der Waals surface area contributed by atoms with E-state index in [0.717, 1.165) is 48.1 Å². The molecule has 0 spiro atoms. The van der Waals surface area contributed by atoms with Gasteiger partial charge in [0, 0.05) is 17.7 Å². The predicted octanol–water partition coefficient (Wildman–Crippen LogP) is 8.45. The molecule has 0 atom stereocenters. The highest BCUT2D eigenvalue weighted by molar-refractivity contribution is 5.95. The molecule has 3 aromatic rings. The van der Waals surface area contributed by atoms with E-state index in [2.05, 4.69) is 81.5 Å². The molecule has 1 aliphatic rings. The van der Waals surface area contributed by atoms with Crippen LogP contribution in [0.25, 0.3) is 18.2 Å². The van der Waals surface area contributed by atoms with Crippen LogP contribution in [0.2, 0.25) is 0 Å². The molecule has 0 radical (unpaired) electrons. The maximum Gasteiger partial charge on any atom is 0.330 e. The van der Waals surface area contributed by atoms with Gasteiger partial charge < -0.3 is 9.64 Å². The van der Waals surface area contributed by atoms with Crippen molar-refractivity contribution in [2.45, 2.75) is 64.8 Å². The fraction of sp³-hybridized carbons (Fsp3) is 0.333. The Kier molecular flexibility index (Phi) is 9.76. The SMILES string of the molecule is COC(=O)/C=C/c1cccc(N(Cc2ccc(/C=C/c3ccc(C(C)(C)C)cc3)cc2)C(=O)C2CCCCC2)c1. The number of methoxy groups -OCH3 is 1. The van der Waals surface area contributed by atoms with Gasteiger partial charge in [-0.1, -0.05) is 113 Å². The van der Waals surface area contributed by atoms with Crippen LogP contribution in [-0.2, 0) is 26.3 Å². The number of benzene rings is 3. The molecule has 4 heteroatoms. The highest BCUT2D eigenvalue weighted by atomic mass is 16.5. The molecule has 1 fully saturated rings. The van der Waals surface area contributed by atoms with Crippen LogP contribution in [0, 0.1) is 5.92 Å². The molecule has 40 heavy (non-hydrogen) atoms. The molecule has 0 aromatic heterocycles. The number of anilines is 1. The summed E-state index contributed by atoms with van der Waals surface area (Å²) in [7, 11) is 1.36. The van der Waals surface area contributed by atoms with E-state index in [0.29, 0.717) is 6.54 Å². The van der Waals surface area contributed by atoms with Crippen molar-refractivity contribution in [1.82, 2.24) is 0 Å². The zero-order valence-electron chi connectivity index (χ0n) is 24.2. The van der Waals surface area contributed by atoms with Gasteiger partial charge in [0.2, 0.25) is 5.91 Å². The van der Waals surface area contributed by atoms with Crippen molar-refractivity contribution in [3.05, 3.63) is 107 Å². The van der Waals surface area contributed by atoms with Gasteiger partial charge in [-0.3, -0.25) is 4.79 Å². The van der Waals surface area contributed by atoms with Gasteiger partial charge in [-0.2, -0.15) is 0 Å². The molecule has 4 nitrogen and oxygen atoms in total. The number of amides is 1. The third-order valence-corrected chi connectivity index (χ3v) is 7.58. The normalized spacial score (nSPS) is 14.5. The minimum atomic E-state index is -0.406. The van der Waals surface area contributed by atoms with E-state index in [1.54, 1.807) is 6.08 Å². The van der Waals surface area contributed by atoms with Crippen LogP contribution in [0.3, 0.4) is 0 Å². The molecule has 1 amide bonds. The van der Waals surface area contributed by atoms with Crippen molar-refractivity contribution in [2.75, 3.05) is 12.0 Å². The zero-order chi connectivity index (χ0) is 28.5. The fourth-order valence-electron chi connectivity index (χ4n) is 5.10. The van der Waals surface area contributed by atoms with E-state index in [-0.39, 0.29) is 17.2 Å². The second-order valence-corrected chi connectivity index (χ2v) is 11.7. The van der Waals surface area contributed by atoms with Crippen molar-refractivity contribution < 1.29 is 14.3 Å². The molecule has 0 saturated heterocycles. The van der Waals surface area contributed by atoms with Gasteiger partial charge in [0.1, 0.15) is 0 Å². The molecule has 3 aromatic carbocycles. The van der Waals surface area contributed by atoms with Gasteiger partial charge in [0.15, 0.2) is 0 Å². The van der Waals surface area contributed by atoms with Crippen molar-refractivity contribution >= 4 is 35.8 Å².